The third-order valence-corrected chi connectivity index (χ3v) is 5.91. The summed E-state index contributed by atoms with van der Waals surface area (Å²) in [6.45, 7) is 0.807. The van der Waals surface area contributed by atoms with Crippen LogP contribution in [-0.4, -0.2) is 71.7 Å². The Morgan fingerprint density at radius 3 is 2.25 bits per heavy atom. The topological polar surface area (TPSA) is 70.1 Å². The first kappa shape index (κ1) is 18.7. The molecule has 0 saturated carbocycles. The lowest BCUT2D eigenvalue weighted by molar-refractivity contribution is -0.180. The quantitative estimate of drug-likeness (QED) is 0.854. The van der Waals surface area contributed by atoms with Crippen molar-refractivity contribution in [2.45, 2.75) is 17.5 Å². The lowest BCUT2D eigenvalue weighted by atomic mass is 9.60. The Hall–Kier alpha value is -2.70. The predicted molar refractivity (Wildman–Crippen MR) is 104 cm³/mol. The standard InChI is InChI=1S/C22H24N2O4/c1-28-13-19(26)23-14-22(15-23)20(16-8-4-2-5-9-16)18(12-25)24(22)21(27)17-10-6-3-7-11-17/h2-11,18,20,25H,12-15H2,1H3/t18-,20-/m1/s1. The van der Waals surface area contributed by atoms with Crippen LogP contribution in [0.5, 0.6) is 0 Å². The maximum absolute atomic E-state index is 13.3. The first-order valence-corrected chi connectivity index (χ1v) is 9.43. The van der Waals surface area contributed by atoms with Gasteiger partial charge >= 0.3 is 0 Å². The van der Waals surface area contributed by atoms with Crippen molar-refractivity contribution < 1.29 is 19.4 Å². The Bertz CT molecular complexity index is 849. The van der Waals surface area contributed by atoms with E-state index in [1.807, 2.05) is 48.5 Å². The summed E-state index contributed by atoms with van der Waals surface area (Å²) >= 11 is 0. The van der Waals surface area contributed by atoms with Crippen molar-refractivity contribution in [1.82, 2.24) is 9.80 Å². The molecule has 1 spiro atoms. The second kappa shape index (κ2) is 7.37. The third kappa shape index (κ3) is 2.80. The molecule has 1 N–H and O–H groups in total. The molecular weight excluding hydrogens is 356 g/mol. The van der Waals surface area contributed by atoms with E-state index in [0.717, 1.165) is 5.56 Å². The number of amides is 2. The fourth-order valence-electron chi connectivity index (χ4n) is 4.71. The average molecular weight is 380 g/mol. The van der Waals surface area contributed by atoms with Crippen molar-refractivity contribution >= 4 is 11.8 Å². The molecule has 2 aliphatic rings. The summed E-state index contributed by atoms with van der Waals surface area (Å²) in [4.78, 5) is 29.0. The third-order valence-electron chi connectivity index (χ3n) is 5.91. The van der Waals surface area contributed by atoms with Crippen LogP contribution in [0.25, 0.3) is 0 Å². The molecular formula is C22H24N2O4. The predicted octanol–water partition coefficient (Wildman–Crippen LogP) is 1.51. The van der Waals surface area contributed by atoms with Gasteiger partial charge in [0, 0.05) is 31.7 Å². The maximum Gasteiger partial charge on any atom is 0.254 e. The summed E-state index contributed by atoms with van der Waals surface area (Å²) in [6.07, 6.45) is 0. The van der Waals surface area contributed by atoms with Crippen LogP contribution in [0.15, 0.2) is 60.7 Å². The second-order valence-electron chi connectivity index (χ2n) is 7.47. The van der Waals surface area contributed by atoms with Crippen LogP contribution in [0, 0.1) is 0 Å². The van der Waals surface area contributed by atoms with Crippen LogP contribution in [-0.2, 0) is 9.53 Å². The Morgan fingerprint density at radius 1 is 1.07 bits per heavy atom. The van der Waals surface area contributed by atoms with E-state index >= 15 is 0 Å². The molecule has 2 atom stereocenters. The highest BCUT2D eigenvalue weighted by atomic mass is 16.5. The Morgan fingerprint density at radius 2 is 1.68 bits per heavy atom. The summed E-state index contributed by atoms with van der Waals surface area (Å²) in [6, 6.07) is 18.7. The smallest absolute Gasteiger partial charge is 0.254 e. The van der Waals surface area contributed by atoms with E-state index in [1.54, 1.807) is 21.9 Å². The average Bonchev–Trinajstić information content (AvgIpc) is 2.68. The first-order chi connectivity index (χ1) is 13.6. The zero-order valence-corrected chi connectivity index (χ0v) is 15.8. The minimum Gasteiger partial charge on any atom is -0.394 e. The van der Waals surface area contributed by atoms with Crippen LogP contribution >= 0.6 is 0 Å². The van der Waals surface area contributed by atoms with Crippen LogP contribution < -0.4 is 0 Å². The van der Waals surface area contributed by atoms with Gasteiger partial charge in [0.15, 0.2) is 0 Å². The highest BCUT2D eigenvalue weighted by Gasteiger charge is 2.68. The highest BCUT2D eigenvalue weighted by molar-refractivity contribution is 5.96. The number of carbonyl (C=O) groups is 2. The largest absolute Gasteiger partial charge is 0.394 e. The molecule has 2 saturated heterocycles. The number of nitrogens with zero attached hydrogens (tertiary/aromatic N) is 2. The van der Waals surface area contributed by atoms with Gasteiger partial charge in [0.25, 0.3) is 5.91 Å². The van der Waals surface area contributed by atoms with Gasteiger partial charge in [-0.05, 0) is 17.7 Å². The first-order valence-electron chi connectivity index (χ1n) is 9.43. The van der Waals surface area contributed by atoms with Crippen LogP contribution in [0.4, 0.5) is 0 Å². The van der Waals surface area contributed by atoms with Gasteiger partial charge in [-0.15, -0.1) is 0 Å². The molecule has 0 bridgehead atoms. The van der Waals surface area contributed by atoms with E-state index in [1.165, 1.54) is 7.11 Å². The molecule has 0 aromatic heterocycles. The number of likely N-dealkylation sites (tertiary alicyclic amines) is 2. The van der Waals surface area contributed by atoms with Gasteiger partial charge in [-0.1, -0.05) is 48.5 Å². The summed E-state index contributed by atoms with van der Waals surface area (Å²) in [5, 5.41) is 10.1. The van der Waals surface area contributed by atoms with Crippen molar-refractivity contribution in [2.75, 3.05) is 33.4 Å². The molecule has 2 aromatic carbocycles. The molecule has 28 heavy (non-hydrogen) atoms. The number of rotatable bonds is 5. The van der Waals surface area contributed by atoms with E-state index in [4.69, 9.17) is 4.74 Å². The van der Waals surface area contributed by atoms with E-state index < -0.39 is 5.54 Å². The van der Waals surface area contributed by atoms with Crippen molar-refractivity contribution in [1.29, 1.82) is 0 Å². The molecule has 2 aliphatic heterocycles. The molecule has 2 fully saturated rings. The maximum atomic E-state index is 13.3. The van der Waals surface area contributed by atoms with Gasteiger partial charge in [0.2, 0.25) is 5.91 Å². The number of benzene rings is 2. The van der Waals surface area contributed by atoms with Gasteiger partial charge in [0.1, 0.15) is 6.61 Å². The summed E-state index contributed by atoms with van der Waals surface area (Å²) in [5.74, 6) is -0.205. The van der Waals surface area contributed by atoms with Crippen molar-refractivity contribution in [3.63, 3.8) is 0 Å². The lowest BCUT2D eigenvalue weighted by Gasteiger charge is -2.70. The van der Waals surface area contributed by atoms with Gasteiger partial charge in [-0.2, -0.15) is 0 Å². The molecule has 6 heteroatoms. The minimum absolute atomic E-state index is 0.0158. The van der Waals surface area contributed by atoms with Crippen LogP contribution in [0.3, 0.4) is 0 Å². The number of hydrogen-bond donors (Lipinski definition) is 1. The Kier molecular flexibility index (Phi) is 4.91. The minimum atomic E-state index is -0.495. The van der Waals surface area contributed by atoms with Gasteiger partial charge in [0.05, 0.1) is 18.2 Å². The number of aliphatic hydroxyl groups is 1. The Balaban J connectivity index is 1.67. The molecule has 0 aliphatic carbocycles. The number of carbonyl (C=O) groups excluding carboxylic acids is 2. The van der Waals surface area contributed by atoms with Gasteiger partial charge < -0.3 is 19.6 Å². The van der Waals surface area contributed by atoms with Gasteiger partial charge in [-0.3, -0.25) is 9.59 Å². The fraction of sp³-hybridized carbons (Fsp3) is 0.364. The molecule has 2 amide bonds. The molecule has 0 radical (unpaired) electrons. The summed E-state index contributed by atoms with van der Waals surface area (Å²) < 4.78 is 4.97. The number of methoxy groups -OCH3 is 1. The normalized spacial score (nSPS) is 22.5. The fourth-order valence-corrected chi connectivity index (χ4v) is 4.71. The molecule has 2 aromatic rings. The molecule has 4 rings (SSSR count). The summed E-state index contributed by atoms with van der Waals surface area (Å²) in [5.41, 5.74) is 1.18. The van der Waals surface area contributed by atoms with E-state index in [0.29, 0.717) is 18.7 Å². The Labute approximate surface area is 164 Å². The van der Waals surface area contributed by atoms with E-state index in [2.05, 4.69) is 0 Å². The van der Waals surface area contributed by atoms with Crippen LogP contribution in [0.2, 0.25) is 0 Å². The molecule has 2 heterocycles. The molecule has 146 valence electrons. The van der Waals surface area contributed by atoms with Crippen molar-refractivity contribution in [3.05, 3.63) is 71.8 Å². The number of aliphatic hydroxyl groups excluding tert-OH is 1. The van der Waals surface area contributed by atoms with Crippen LogP contribution in [0.1, 0.15) is 21.8 Å². The second-order valence-corrected chi connectivity index (χ2v) is 7.47. The number of hydrogen-bond acceptors (Lipinski definition) is 4. The molecule has 6 nitrogen and oxygen atoms in total. The molecule has 0 unspecified atom stereocenters. The monoisotopic (exact) mass is 380 g/mol. The zero-order valence-electron chi connectivity index (χ0n) is 15.8. The highest BCUT2D eigenvalue weighted by Crippen LogP contribution is 2.54. The van der Waals surface area contributed by atoms with Crippen molar-refractivity contribution in [3.8, 4) is 0 Å². The summed E-state index contributed by atoms with van der Waals surface area (Å²) in [7, 11) is 1.50. The van der Waals surface area contributed by atoms with E-state index in [9.17, 15) is 14.7 Å². The van der Waals surface area contributed by atoms with Gasteiger partial charge in [-0.25, -0.2) is 0 Å². The van der Waals surface area contributed by atoms with E-state index in [-0.39, 0.29) is 37.0 Å². The van der Waals surface area contributed by atoms with Crippen molar-refractivity contribution in [2.24, 2.45) is 0 Å². The number of ether oxygens (including phenoxy) is 1. The SMILES string of the molecule is COCC(=O)N1CC2(C1)[C@H](c1ccccc1)[C@@H](CO)N2C(=O)c1ccccc1. The zero-order chi connectivity index (χ0) is 19.7. The lowest BCUT2D eigenvalue weighted by Crippen LogP contribution is -2.86.